The second-order valence-corrected chi connectivity index (χ2v) is 4.24. The van der Waals surface area contributed by atoms with E-state index in [0.29, 0.717) is 10.4 Å². The van der Waals surface area contributed by atoms with E-state index in [-0.39, 0.29) is 6.54 Å². The molecule has 0 aromatic heterocycles. The largest absolute Gasteiger partial charge is 0.359 e. The summed E-state index contributed by atoms with van der Waals surface area (Å²) in [6.45, 7) is 2.60. The molecule has 1 aliphatic heterocycles. The molecule has 1 N–H and O–H groups in total. The molecule has 1 aliphatic rings. The maximum Gasteiger partial charge on any atom is 0.255 e. The first-order valence-corrected chi connectivity index (χ1v) is 5.33. The van der Waals surface area contributed by atoms with Crippen LogP contribution in [0.25, 0.3) is 0 Å². The quantitative estimate of drug-likeness (QED) is 0.765. The molecule has 1 heterocycles. The highest BCUT2D eigenvalue weighted by molar-refractivity contribution is 8.14. The van der Waals surface area contributed by atoms with Gasteiger partial charge < -0.3 is 5.32 Å². The molecular formula is C8H14F2N2S. The molecule has 0 aliphatic carbocycles. The minimum Gasteiger partial charge on any atom is -0.359 e. The predicted molar refractivity (Wildman–Crippen MR) is 52.6 cm³/mol. The Balaban J connectivity index is 2.16. The summed E-state index contributed by atoms with van der Waals surface area (Å²) in [6.07, 6.45) is -0.0721. The van der Waals surface area contributed by atoms with Crippen LogP contribution in [0.1, 0.15) is 19.8 Å². The molecule has 0 aromatic carbocycles. The fourth-order valence-corrected chi connectivity index (χ4v) is 2.29. The third-order valence-corrected chi connectivity index (χ3v) is 2.95. The Kier molecular flexibility index (Phi) is 4.48. The molecule has 0 radical (unpaired) electrons. The summed E-state index contributed by atoms with van der Waals surface area (Å²) in [5.41, 5.74) is 0. The van der Waals surface area contributed by atoms with Crippen LogP contribution in [0.3, 0.4) is 0 Å². The Morgan fingerprint density at radius 3 is 3.08 bits per heavy atom. The van der Waals surface area contributed by atoms with Crippen LogP contribution in [0.2, 0.25) is 0 Å². The normalized spacial score (nSPS) is 22.2. The molecule has 76 valence electrons. The van der Waals surface area contributed by atoms with Crippen LogP contribution in [-0.2, 0) is 0 Å². The van der Waals surface area contributed by atoms with Crippen LogP contribution >= 0.6 is 11.8 Å². The number of hydrogen-bond acceptors (Lipinski definition) is 3. The third-order valence-electron chi connectivity index (χ3n) is 1.74. The number of alkyl halides is 2. The first-order valence-electron chi connectivity index (χ1n) is 4.45. The fourth-order valence-electron chi connectivity index (χ4n) is 1.15. The van der Waals surface area contributed by atoms with Gasteiger partial charge in [0.1, 0.15) is 0 Å². The number of aliphatic imine (C=N–C) groups is 1. The van der Waals surface area contributed by atoms with Crippen LogP contribution in [0, 0.1) is 0 Å². The lowest BCUT2D eigenvalue weighted by Gasteiger charge is -2.06. The zero-order valence-corrected chi connectivity index (χ0v) is 8.41. The van der Waals surface area contributed by atoms with E-state index in [1.54, 1.807) is 11.8 Å². The Labute approximate surface area is 81.2 Å². The smallest absolute Gasteiger partial charge is 0.255 e. The van der Waals surface area contributed by atoms with Crippen molar-refractivity contribution in [3.05, 3.63) is 0 Å². The second-order valence-electron chi connectivity index (χ2n) is 2.95. The van der Waals surface area contributed by atoms with E-state index in [2.05, 4.69) is 17.2 Å². The van der Waals surface area contributed by atoms with Gasteiger partial charge in [0.2, 0.25) is 0 Å². The van der Waals surface area contributed by atoms with Crippen molar-refractivity contribution in [1.29, 1.82) is 0 Å². The standard InChI is InChI=1S/C8H14F2N2S/c1-2-3-6-4-11-8(13-6)12-5-7(9)10/h6-7H,2-5H2,1H3,(H,11,12). The minimum atomic E-state index is -2.30. The van der Waals surface area contributed by atoms with Crippen molar-refractivity contribution in [3.8, 4) is 0 Å². The van der Waals surface area contributed by atoms with Gasteiger partial charge in [-0.25, -0.2) is 8.78 Å². The summed E-state index contributed by atoms with van der Waals surface area (Å²) >= 11 is 1.58. The Bertz CT molecular complexity index is 185. The van der Waals surface area contributed by atoms with Gasteiger partial charge in [0.25, 0.3) is 6.43 Å². The third kappa shape index (κ3) is 3.93. The highest BCUT2D eigenvalue weighted by atomic mass is 32.2. The van der Waals surface area contributed by atoms with E-state index in [0.717, 1.165) is 19.4 Å². The number of thioether (sulfide) groups is 1. The summed E-state index contributed by atoms with van der Waals surface area (Å²) in [5.74, 6) is 0. The summed E-state index contributed by atoms with van der Waals surface area (Å²) in [7, 11) is 0. The maximum absolute atomic E-state index is 11.8. The molecule has 0 saturated heterocycles. The summed E-state index contributed by atoms with van der Waals surface area (Å²) in [4.78, 5) is 4.14. The molecule has 5 heteroatoms. The Morgan fingerprint density at radius 1 is 1.69 bits per heavy atom. The van der Waals surface area contributed by atoms with Gasteiger partial charge in [-0.2, -0.15) is 0 Å². The van der Waals surface area contributed by atoms with Gasteiger partial charge in [-0.15, -0.1) is 0 Å². The molecule has 1 unspecified atom stereocenters. The zero-order chi connectivity index (χ0) is 9.68. The van der Waals surface area contributed by atoms with E-state index >= 15 is 0 Å². The topological polar surface area (TPSA) is 24.4 Å². The van der Waals surface area contributed by atoms with Crippen LogP contribution in [0.4, 0.5) is 8.78 Å². The first-order chi connectivity index (χ1) is 6.22. The van der Waals surface area contributed by atoms with Crippen molar-refractivity contribution < 1.29 is 8.78 Å². The molecule has 1 atom stereocenters. The van der Waals surface area contributed by atoms with Crippen LogP contribution < -0.4 is 5.32 Å². The summed E-state index contributed by atoms with van der Waals surface area (Å²) in [5, 5.41) is 3.80. The molecule has 0 aromatic rings. The highest BCUT2D eigenvalue weighted by Gasteiger charge is 2.18. The number of nitrogens with zero attached hydrogens (tertiary/aromatic N) is 1. The van der Waals surface area contributed by atoms with Crippen molar-refractivity contribution in [3.63, 3.8) is 0 Å². The average molecular weight is 208 g/mol. The predicted octanol–water partition coefficient (Wildman–Crippen LogP) is 2.11. The molecular weight excluding hydrogens is 194 g/mol. The van der Waals surface area contributed by atoms with E-state index in [9.17, 15) is 8.78 Å². The number of nitrogens with one attached hydrogen (secondary N) is 1. The van der Waals surface area contributed by atoms with Gasteiger partial charge in [-0.1, -0.05) is 25.1 Å². The van der Waals surface area contributed by atoms with E-state index < -0.39 is 6.43 Å². The van der Waals surface area contributed by atoms with Crippen molar-refractivity contribution in [2.45, 2.75) is 31.4 Å². The molecule has 0 spiro atoms. The Morgan fingerprint density at radius 2 is 2.46 bits per heavy atom. The van der Waals surface area contributed by atoms with E-state index in [1.807, 2.05) is 0 Å². The van der Waals surface area contributed by atoms with Gasteiger partial charge in [-0.05, 0) is 6.42 Å². The number of halogens is 2. The van der Waals surface area contributed by atoms with Gasteiger partial charge in [0.15, 0.2) is 5.17 Å². The van der Waals surface area contributed by atoms with Crippen molar-refractivity contribution in [2.24, 2.45) is 4.99 Å². The summed E-state index contributed by atoms with van der Waals surface area (Å²) < 4.78 is 23.6. The van der Waals surface area contributed by atoms with Crippen LogP contribution in [0.5, 0.6) is 0 Å². The van der Waals surface area contributed by atoms with Gasteiger partial charge >= 0.3 is 0 Å². The van der Waals surface area contributed by atoms with Crippen molar-refractivity contribution in [2.75, 3.05) is 13.1 Å². The van der Waals surface area contributed by atoms with E-state index in [4.69, 9.17) is 0 Å². The molecule has 1 rings (SSSR count). The highest BCUT2D eigenvalue weighted by Crippen LogP contribution is 2.23. The maximum atomic E-state index is 11.8. The molecule has 0 fully saturated rings. The lowest BCUT2D eigenvalue weighted by Crippen LogP contribution is -2.25. The lowest BCUT2D eigenvalue weighted by atomic mass is 10.2. The molecule has 2 nitrogen and oxygen atoms in total. The van der Waals surface area contributed by atoms with Crippen LogP contribution in [-0.4, -0.2) is 29.9 Å². The first kappa shape index (κ1) is 10.8. The number of hydrogen-bond donors (Lipinski definition) is 1. The van der Waals surface area contributed by atoms with E-state index in [1.165, 1.54) is 0 Å². The fraction of sp³-hybridized carbons (Fsp3) is 0.875. The Hall–Kier alpha value is -0.320. The number of rotatable bonds is 4. The number of amidine groups is 1. The zero-order valence-electron chi connectivity index (χ0n) is 7.59. The van der Waals surface area contributed by atoms with Crippen molar-refractivity contribution in [1.82, 2.24) is 5.32 Å². The SMILES string of the molecule is CCCC1CN=C(NCC(F)F)S1. The second kappa shape index (κ2) is 5.42. The van der Waals surface area contributed by atoms with Gasteiger partial charge in [-0.3, -0.25) is 4.99 Å². The van der Waals surface area contributed by atoms with Gasteiger partial charge in [0, 0.05) is 5.25 Å². The van der Waals surface area contributed by atoms with Crippen molar-refractivity contribution >= 4 is 16.9 Å². The monoisotopic (exact) mass is 208 g/mol. The molecule has 13 heavy (non-hydrogen) atoms. The van der Waals surface area contributed by atoms with Crippen LogP contribution in [0.15, 0.2) is 4.99 Å². The molecule has 0 bridgehead atoms. The minimum absolute atomic E-state index is 0.287. The van der Waals surface area contributed by atoms with Gasteiger partial charge in [0.05, 0.1) is 13.1 Å². The molecule has 0 amide bonds. The molecule has 0 saturated carbocycles. The summed E-state index contributed by atoms with van der Waals surface area (Å²) in [6, 6.07) is 0. The lowest BCUT2D eigenvalue weighted by molar-refractivity contribution is 0.152. The average Bonchev–Trinajstić information content (AvgIpc) is 2.50.